The van der Waals surface area contributed by atoms with Gasteiger partial charge in [-0.15, -0.1) is 0 Å². The second kappa shape index (κ2) is 6.68. The smallest absolute Gasteiger partial charge is 0.261 e. The molecule has 8 heteroatoms. The van der Waals surface area contributed by atoms with Gasteiger partial charge in [-0.2, -0.15) is 0 Å². The number of aromatic nitrogens is 1. The van der Waals surface area contributed by atoms with E-state index in [1.54, 1.807) is 12.1 Å². The maximum atomic E-state index is 12.7. The topological polar surface area (TPSA) is 92.5 Å². The molecule has 3 amide bonds. The lowest BCUT2D eigenvalue weighted by molar-refractivity contribution is 0.0631. The molecule has 0 aliphatic carbocycles. The van der Waals surface area contributed by atoms with E-state index in [1.807, 2.05) is 24.3 Å². The summed E-state index contributed by atoms with van der Waals surface area (Å²) in [5.74, 6) is -0.736. The molecular weight excluding hydrogens is 390 g/mol. The molecule has 0 unspecified atom stereocenters. The Bertz CT molecular complexity index is 1240. The molecule has 1 N–H and O–H groups in total. The molecule has 0 fully saturated rings. The Labute approximate surface area is 168 Å². The van der Waals surface area contributed by atoms with Crippen LogP contribution >= 0.6 is 11.3 Å². The Morgan fingerprint density at radius 3 is 2.66 bits per heavy atom. The first-order chi connectivity index (χ1) is 14.1. The number of amides is 3. The number of nitrogens with one attached hydrogen (secondary N) is 1. The van der Waals surface area contributed by atoms with Gasteiger partial charge in [-0.05, 0) is 42.5 Å². The van der Waals surface area contributed by atoms with Gasteiger partial charge in [-0.25, -0.2) is 4.98 Å². The van der Waals surface area contributed by atoms with Crippen molar-refractivity contribution < 1.29 is 18.8 Å². The molecule has 2 aromatic carbocycles. The molecule has 29 heavy (non-hydrogen) atoms. The predicted molar refractivity (Wildman–Crippen MR) is 107 cm³/mol. The van der Waals surface area contributed by atoms with E-state index in [4.69, 9.17) is 4.42 Å². The molecule has 0 spiro atoms. The summed E-state index contributed by atoms with van der Waals surface area (Å²) in [4.78, 5) is 43.4. The summed E-state index contributed by atoms with van der Waals surface area (Å²) in [5, 5.41) is 3.23. The number of nitrogens with zero attached hydrogens (tertiary/aromatic N) is 2. The number of hydrogen-bond donors (Lipinski definition) is 1. The van der Waals surface area contributed by atoms with Gasteiger partial charge in [0.1, 0.15) is 5.76 Å². The SMILES string of the molecule is O=C(Nc1nc2ccccc2s1)c1ccc2c(c1)C(=O)N(Cc1ccco1)C2=O. The van der Waals surface area contributed by atoms with Crippen molar-refractivity contribution in [3.8, 4) is 0 Å². The van der Waals surface area contributed by atoms with E-state index >= 15 is 0 Å². The van der Waals surface area contributed by atoms with Crippen LogP contribution in [0.5, 0.6) is 0 Å². The fourth-order valence-electron chi connectivity index (χ4n) is 3.23. The molecule has 0 saturated carbocycles. The van der Waals surface area contributed by atoms with Gasteiger partial charge < -0.3 is 4.42 Å². The molecule has 0 bridgehead atoms. The summed E-state index contributed by atoms with van der Waals surface area (Å²) in [6.07, 6.45) is 1.48. The fourth-order valence-corrected chi connectivity index (χ4v) is 4.09. The highest BCUT2D eigenvalue weighted by Crippen LogP contribution is 2.28. The second-order valence-corrected chi connectivity index (χ2v) is 7.51. The Balaban J connectivity index is 1.39. The van der Waals surface area contributed by atoms with E-state index in [0.717, 1.165) is 15.1 Å². The standard InChI is InChI=1S/C21H13N3O4S/c25-18(23-21-22-16-5-1-2-6-17(16)29-21)12-7-8-14-15(10-12)20(27)24(19(14)26)11-13-4-3-9-28-13/h1-10H,11H2,(H,22,23,25). The lowest BCUT2D eigenvalue weighted by Crippen LogP contribution is -2.28. The third-order valence-electron chi connectivity index (χ3n) is 4.64. The average molecular weight is 403 g/mol. The summed E-state index contributed by atoms with van der Waals surface area (Å²) >= 11 is 1.37. The normalized spacial score (nSPS) is 13.2. The molecule has 0 atom stereocenters. The second-order valence-electron chi connectivity index (χ2n) is 6.48. The van der Waals surface area contributed by atoms with E-state index in [9.17, 15) is 14.4 Å². The lowest BCUT2D eigenvalue weighted by atomic mass is 10.1. The number of anilines is 1. The van der Waals surface area contributed by atoms with Crippen LogP contribution in [0.4, 0.5) is 5.13 Å². The van der Waals surface area contributed by atoms with Crippen molar-refractivity contribution in [2.45, 2.75) is 6.54 Å². The van der Waals surface area contributed by atoms with Gasteiger partial charge in [-0.3, -0.25) is 24.6 Å². The molecule has 0 saturated heterocycles. The average Bonchev–Trinajstić information content (AvgIpc) is 3.43. The molecule has 3 heterocycles. The van der Waals surface area contributed by atoms with E-state index in [-0.39, 0.29) is 23.2 Å². The van der Waals surface area contributed by atoms with E-state index in [0.29, 0.717) is 10.9 Å². The number of imide groups is 1. The van der Waals surface area contributed by atoms with Gasteiger partial charge in [-0.1, -0.05) is 23.5 Å². The maximum Gasteiger partial charge on any atom is 0.261 e. The van der Waals surface area contributed by atoms with Crippen molar-refractivity contribution in [1.82, 2.24) is 9.88 Å². The lowest BCUT2D eigenvalue weighted by Gasteiger charge is -2.11. The minimum absolute atomic E-state index is 0.0482. The fraction of sp³-hybridized carbons (Fsp3) is 0.0476. The number of hydrogen-bond acceptors (Lipinski definition) is 6. The number of thiazole rings is 1. The summed E-state index contributed by atoms with van der Waals surface area (Å²) in [6, 6.07) is 15.5. The monoisotopic (exact) mass is 403 g/mol. The number of fused-ring (bicyclic) bond motifs is 2. The first kappa shape index (κ1) is 17.3. The van der Waals surface area contributed by atoms with Gasteiger partial charge in [0.15, 0.2) is 5.13 Å². The number of furan rings is 1. The summed E-state index contributed by atoms with van der Waals surface area (Å²) in [5.41, 5.74) is 1.57. The Morgan fingerprint density at radius 1 is 1.03 bits per heavy atom. The molecule has 1 aliphatic rings. The van der Waals surface area contributed by atoms with Crippen LogP contribution in [0, 0.1) is 0 Å². The molecule has 2 aromatic heterocycles. The van der Waals surface area contributed by atoms with Crippen molar-refractivity contribution in [2.75, 3.05) is 5.32 Å². The molecule has 4 aromatic rings. The molecule has 7 nitrogen and oxygen atoms in total. The van der Waals surface area contributed by atoms with Crippen molar-refractivity contribution in [2.24, 2.45) is 0 Å². The number of carbonyl (C=O) groups excluding carboxylic acids is 3. The molecule has 142 valence electrons. The van der Waals surface area contributed by atoms with Crippen molar-refractivity contribution in [3.05, 3.63) is 83.3 Å². The van der Waals surface area contributed by atoms with Crippen LogP contribution in [0.1, 0.15) is 36.8 Å². The van der Waals surface area contributed by atoms with Gasteiger partial charge >= 0.3 is 0 Å². The van der Waals surface area contributed by atoms with Crippen molar-refractivity contribution >= 4 is 44.4 Å². The Kier molecular flexibility index (Phi) is 3.99. The Hall–Kier alpha value is -3.78. The zero-order valence-corrected chi connectivity index (χ0v) is 15.7. The van der Waals surface area contributed by atoms with E-state index in [2.05, 4.69) is 10.3 Å². The van der Waals surface area contributed by atoms with Crippen LogP contribution in [0.15, 0.2) is 65.3 Å². The summed E-state index contributed by atoms with van der Waals surface area (Å²) < 4.78 is 6.19. The maximum absolute atomic E-state index is 12.7. The molecule has 5 rings (SSSR count). The minimum atomic E-state index is -0.448. The van der Waals surface area contributed by atoms with Gasteiger partial charge in [0.05, 0.1) is 34.2 Å². The summed E-state index contributed by atoms with van der Waals surface area (Å²) in [6.45, 7) is 0.0482. The number of benzene rings is 2. The van der Waals surface area contributed by atoms with Crippen LogP contribution < -0.4 is 5.32 Å². The van der Waals surface area contributed by atoms with Crippen LogP contribution in [0.3, 0.4) is 0 Å². The largest absolute Gasteiger partial charge is 0.467 e. The van der Waals surface area contributed by atoms with Crippen LogP contribution in [-0.4, -0.2) is 27.6 Å². The predicted octanol–water partition coefficient (Wildman–Crippen LogP) is 3.94. The minimum Gasteiger partial charge on any atom is -0.467 e. The third kappa shape index (κ3) is 2.99. The number of carbonyl (C=O) groups is 3. The van der Waals surface area contributed by atoms with E-state index in [1.165, 1.54) is 35.8 Å². The highest BCUT2D eigenvalue weighted by Gasteiger charge is 2.36. The number of rotatable bonds is 4. The zero-order valence-electron chi connectivity index (χ0n) is 14.9. The van der Waals surface area contributed by atoms with Crippen molar-refractivity contribution in [3.63, 3.8) is 0 Å². The van der Waals surface area contributed by atoms with Crippen LogP contribution in [0.25, 0.3) is 10.2 Å². The van der Waals surface area contributed by atoms with Gasteiger partial charge in [0, 0.05) is 5.56 Å². The quantitative estimate of drug-likeness (QED) is 0.521. The van der Waals surface area contributed by atoms with Crippen LogP contribution in [0.2, 0.25) is 0 Å². The molecule has 1 aliphatic heterocycles. The highest BCUT2D eigenvalue weighted by molar-refractivity contribution is 7.22. The first-order valence-electron chi connectivity index (χ1n) is 8.80. The summed E-state index contributed by atoms with van der Waals surface area (Å²) in [7, 11) is 0. The third-order valence-corrected chi connectivity index (χ3v) is 5.59. The zero-order chi connectivity index (χ0) is 20.0. The van der Waals surface area contributed by atoms with Gasteiger partial charge in [0.2, 0.25) is 0 Å². The number of para-hydroxylation sites is 1. The Morgan fingerprint density at radius 2 is 1.86 bits per heavy atom. The molecule has 0 radical (unpaired) electrons. The highest BCUT2D eigenvalue weighted by atomic mass is 32.1. The van der Waals surface area contributed by atoms with Crippen molar-refractivity contribution in [1.29, 1.82) is 0 Å². The van der Waals surface area contributed by atoms with Crippen LogP contribution in [-0.2, 0) is 6.54 Å². The first-order valence-corrected chi connectivity index (χ1v) is 9.61. The van der Waals surface area contributed by atoms with E-state index < -0.39 is 17.7 Å². The van der Waals surface area contributed by atoms with Gasteiger partial charge in [0.25, 0.3) is 17.7 Å². The molecular formula is C21H13N3O4S.